The van der Waals surface area contributed by atoms with Crippen LogP contribution in [-0.4, -0.2) is 37.5 Å². The first-order valence-electron chi connectivity index (χ1n) is 8.87. The molecule has 2 aliphatic heterocycles. The molecule has 2 aliphatic rings. The molecule has 0 N–H and O–H groups in total. The van der Waals surface area contributed by atoms with Crippen LogP contribution < -0.4 is 9.80 Å². The number of amides is 1. The molecule has 4 nitrogen and oxygen atoms in total. The molecule has 0 atom stereocenters. The summed E-state index contributed by atoms with van der Waals surface area (Å²) in [4.78, 5) is 18.6. The van der Waals surface area contributed by atoms with Crippen LogP contribution in [0.4, 0.5) is 17.1 Å². The lowest BCUT2D eigenvalue weighted by Crippen LogP contribution is -2.26. The van der Waals surface area contributed by atoms with Gasteiger partial charge in [0.25, 0.3) is 0 Å². The van der Waals surface area contributed by atoms with Crippen LogP contribution in [0.2, 0.25) is 10.0 Å². The number of nitrogens with zero attached hydrogens (tertiary/aromatic N) is 3. The molecule has 136 valence electrons. The Kier molecular flexibility index (Phi) is 4.82. The molecule has 0 bridgehead atoms. The molecule has 1 fully saturated rings. The number of carbonyl (C=O) groups excluding carboxylic acids is 1. The standard InChI is InChI=1S/C20H21Cl2N3O/c1-23-9-10-24(16-4-6-17(21)18(22)12-16)19-7-5-15(11-14(19)13-23)25-8-2-3-20(25)26/h4-7,11-12H,2-3,8-10,13H2,1H3. The number of fused-ring (bicyclic) bond motifs is 1. The number of likely N-dealkylation sites (N-methyl/N-ethyl adjacent to an activating group) is 1. The zero-order chi connectivity index (χ0) is 18.3. The van der Waals surface area contributed by atoms with Gasteiger partial charge in [-0.15, -0.1) is 0 Å². The highest BCUT2D eigenvalue weighted by Crippen LogP contribution is 2.37. The van der Waals surface area contributed by atoms with Gasteiger partial charge in [0, 0.05) is 49.7 Å². The van der Waals surface area contributed by atoms with Crippen molar-refractivity contribution in [1.82, 2.24) is 4.90 Å². The van der Waals surface area contributed by atoms with Crippen LogP contribution in [0.25, 0.3) is 0 Å². The minimum absolute atomic E-state index is 0.216. The fourth-order valence-corrected chi connectivity index (χ4v) is 4.03. The lowest BCUT2D eigenvalue weighted by molar-refractivity contribution is -0.117. The SMILES string of the molecule is CN1CCN(c2ccc(Cl)c(Cl)c2)c2ccc(N3CCCC3=O)cc2C1. The summed E-state index contributed by atoms with van der Waals surface area (Å²) in [6, 6.07) is 12.1. The van der Waals surface area contributed by atoms with Crippen LogP contribution in [0.15, 0.2) is 36.4 Å². The molecule has 0 radical (unpaired) electrons. The zero-order valence-corrected chi connectivity index (χ0v) is 16.2. The van der Waals surface area contributed by atoms with Crippen molar-refractivity contribution in [2.24, 2.45) is 0 Å². The normalized spacial score (nSPS) is 18.2. The summed E-state index contributed by atoms with van der Waals surface area (Å²) in [5.41, 5.74) is 4.40. The van der Waals surface area contributed by atoms with E-state index >= 15 is 0 Å². The second-order valence-electron chi connectivity index (χ2n) is 6.95. The van der Waals surface area contributed by atoms with Crippen molar-refractivity contribution in [2.45, 2.75) is 19.4 Å². The summed E-state index contributed by atoms with van der Waals surface area (Å²) in [7, 11) is 2.12. The molecule has 26 heavy (non-hydrogen) atoms. The number of hydrogen-bond donors (Lipinski definition) is 0. The lowest BCUT2D eigenvalue weighted by Gasteiger charge is -2.26. The maximum Gasteiger partial charge on any atom is 0.227 e. The molecular formula is C20H21Cl2N3O. The summed E-state index contributed by atoms with van der Waals surface area (Å²) in [5, 5.41) is 1.12. The number of anilines is 3. The molecule has 2 aromatic carbocycles. The molecule has 6 heteroatoms. The smallest absolute Gasteiger partial charge is 0.227 e. The number of rotatable bonds is 2. The van der Waals surface area contributed by atoms with Crippen molar-refractivity contribution in [3.63, 3.8) is 0 Å². The van der Waals surface area contributed by atoms with E-state index in [0.29, 0.717) is 16.5 Å². The second kappa shape index (κ2) is 7.10. The van der Waals surface area contributed by atoms with Gasteiger partial charge in [0.2, 0.25) is 5.91 Å². The van der Waals surface area contributed by atoms with E-state index in [0.717, 1.165) is 49.7 Å². The third-order valence-corrected chi connectivity index (χ3v) is 5.84. The first-order valence-corrected chi connectivity index (χ1v) is 9.63. The van der Waals surface area contributed by atoms with Crippen molar-refractivity contribution in [1.29, 1.82) is 0 Å². The van der Waals surface area contributed by atoms with Crippen molar-refractivity contribution < 1.29 is 4.79 Å². The first-order chi connectivity index (χ1) is 12.5. The number of hydrogen-bond acceptors (Lipinski definition) is 3. The third-order valence-electron chi connectivity index (χ3n) is 5.10. The summed E-state index contributed by atoms with van der Waals surface area (Å²) < 4.78 is 0. The van der Waals surface area contributed by atoms with Crippen molar-refractivity contribution in [3.05, 3.63) is 52.0 Å². The van der Waals surface area contributed by atoms with E-state index in [1.165, 1.54) is 5.56 Å². The van der Waals surface area contributed by atoms with E-state index in [1.54, 1.807) is 0 Å². The van der Waals surface area contributed by atoms with Gasteiger partial charge in [0.1, 0.15) is 0 Å². The van der Waals surface area contributed by atoms with E-state index < -0.39 is 0 Å². The average molecular weight is 390 g/mol. The van der Waals surface area contributed by atoms with Crippen molar-refractivity contribution in [2.75, 3.05) is 36.5 Å². The van der Waals surface area contributed by atoms with Crippen LogP contribution in [0.5, 0.6) is 0 Å². The molecular weight excluding hydrogens is 369 g/mol. The Balaban J connectivity index is 1.75. The summed E-state index contributed by atoms with van der Waals surface area (Å²) in [5.74, 6) is 0.216. The van der Waals surface area contributed by atoms with E-state index in [4.69, 9.17) is 23.2 Å². The Morgan fingerprint density at radius 3 is 2.38 bits per heavy atom. The Morgan fingerprint density at radius 2 is 1.65 bits per heavy atom. The Bertz CT molecular complexity index is 855. The minimum atomic E-state index is 0.216. The summed E-state index contributed by atoms with van der Waals surface area (Å²) in [6.07, 6.45) is 1.58. The van der Waals surface area contributed by atoms with E-state index in [2.05, 4.69) is 35.0 Å². The molecule has 2 aromatic rings. The highest BCUT2D eigenvalue weighted by atomic mass is 35.5. The van der Waals surface area contributed by atoms with Gasteiger partial charge >= 0.3 is 0 Å². The van der Waals surface area contributed by atoms with Gasteiger partial charge in [-0.05, 0) is 55.4 Å². The average Bonchev–Trinajstić information content (AvgIpc) is 2.97. The predicted octanol–water partition coefficient (Wildman–Crippen LogP) is 4.70. The van der Waals surface area contributed by atoms with E-state index in [1.807, 2.05) is 23.1 Å². The van der Waals surface area contributed by atoms with Crippen LogP contribution in [0.1, 0.15) is 18.4 Å². The molecule has 0 aromatic heterocycles. The van der Waals surface area contributed by atoms with Crippen molar-refractivity contribution in [3.8, 4) is 0 Å². The van der Waals surface area contributed by atoms with Gasteiger partial charge in [-0.1, -0.05) is 23.2 Å². The molecule has 0 aliphatic carbocycles. The number of carbonyl (C=O) groups is 1. The molecule has 0 unspecified atom stereocenters. The van der Waals surface area contributed by atoms with Crippen LogP contribution in [0, 0.1) is 0 Å². The minimum Gasteiger partial charge on any atom is -0.340 e. The molecule has 2 heterocycles. The van der Waals surface area contributed by atoms with Crippen LogP contribution in [-0.2, 0) is 11.3 Å². The van der Waals surface area contributed by atoms with Crippen LogP contribution in [0.3, 0.4) is 0 Å². The maximum absolute atomic E-state index is 12.1. The highest BCUT2D eigenvalue weighted by molar-refractivity contribution is 6.42. The Morgan fingerprint density at radius 1 is 0.885 bits per heavy atom. The second-order valence-corrected chi connectivity index (χ2v) is 7.76. The Labute approximate surface area is 163 Å². The highest BCUT2D eigenvalue weighted by Gasteiger charge is 2.25. The van der Waals surface area contributed by atoms with E-state index in [9.17, 15) is 4.79 Å². The maximum atomic E-state index is 12.1. The van der Waals surface area contributed by atoms with Gasteiger partial charge in [0.05, 0.1) is 10.0 Å². The fourth-order valence-electron chi connectivity index (χ4n) is 3.73. The first kappa shape index (κ1) is 17.7. The topological polar surface area (TPSA) is 26.8 Å². The summed E-state index contributed by atoms with van der Waals surface area (Å²) in [6.45, 7) is 3.46. The van der Waals surface area contributed by atoms with Gasteiger partial charge in [-0.3, -0.25) is 4.79 Å². The fraction of sp³-hybridized carbons (Fsp3) is 0.350. The van der Waals surface area contributed by atoms with Crippen molar-refractivity contribution >= 4 is 46.2 Å². The number of benzene rings is 2. The zero-order valence-electron chi connectivity index (χ0n) is 14.7. The monoisotopic (exact) mass is 389 g/mol. The quantitative estimate of drug-likeness (QED) is 0.744. The Hall–Kier alpha value is -1.75. The number of halogens is 2. The molecule has 1 saturated heterocycles. The predicted molar refractivity (Wildman–Crippen MR) is 108 cm³/mol. The molecule has 1 amide bonds. The molecule has 0 spiro atoms. The van der Waals surface area contributed by atoms with Crippen LogP contribution >= 0.6 is 23.2 Å². The van der Waals surface area contributed by atoms with Gasteiger partial charge in [-0.25, -0.2) is 0 Å². The summed E-state index contributed by atoms with van der Waals surface area (Å²) >= 11 is 12.3. The third kappa shape index (κ3) is 3.29. The molecule has 4 rings (SSSR count). The largest absolute Gasteiger partial charge is 0.340 e. The van der Waals surface area contributed by atoms with Gasteiger partial charge in [-0.2, -0.15) is 0 Å². The van der Waals surface area contributed by atoms with Gasteiger partial charge < -0.3 is 14.7 Å². The molecule has 0 saturated carbocycles. The lowest BCUT2D eigenvalue weighted by atomic mass is 10.1. The van der Waals surface area contributed by atoms with Gasteiger partial charge in [0.15, 0.2) is 0 Å². The van der Waals surface area contributed by atoms with E-state index in [-0.39, 0.29) is 5.91 Å².